The number of carbonyl (C=O) groups is 2. The Hall–Kier alpha value is -2.18. The lowest BCUT2D eigenvalue weighted by molar-refractivity contribution is -0.133. The van der Waals surface area contributed by atoms with E-state index in [4.69, 9.17) is 4.74 Å². The lowest BCUT2D eigenvalue weighted by Crippen LogP contribution is -2.30. The average molecular weight is 345 g/mol. The minimum absolute atomic E-state index is 0.215. The van der Waals surface area contributed by atoms with Gasteiger partial charge in [0, 0.05) is 16.6 Å². The molecule has 0 atom stereocenters. The fourth-order valence-corrected chi connectivity index (χ4v) is 3.83. The molecule has 4 nitrogen and oxygen atoms in total. The zero-order chi connectivity index (χ0) is 16.2. The van der Waals surface area contributed by atoms with Gasteiger partial charge in [-0.2, -0.15) is 0 Å². The van der Waals surface area contributed by atoms with Gasteiger partial charge in [0.2, 0.25) is 0 Å². The highest BCUT2D eigenvalue weighted by molar-refractivity contribution is 7.20. The Labute approximate surface area is 141 Å². The molecular formula is C17H15NO3S2. The van der Waals surface area contributed by atoms with Crippen LogP contribution in [0, 0.1) is 0 Å². The molecule has 0 fully saturated rings. The summed E-state index contributed by atoms with van der Waals surface area (Å²) < 4.78 is 6.17. The second kappa shape index (κ2) is 6.93. The molecule has 3 rings (SSSR count). The number of carbonyl (C=O) groups excluding carboxylic acids is 2. The summed E-state index contributed by atoms with van der Waals surface area (Å²) in [5.74, 6) is -0.670. The molecule has 0 aliphatic carbocycles. The van der Waals surface area contributed by atoms with E-state index < -0.39 is 5.97 Å². The van der Waals surface area contributed by atoms with Crippen molar-refractivity contribution in [2.45, 2.75) is 6.54 Å². The highest BCUT2D eigenvalue weighted by Crippen LogP contribution is 2.25. The first kappa shape index (κ1) is 15.7. The van der Waals surface area contributed by atoms with Crippen LogP contribution in [0.2, 0.25) is 0 Å². The van der Waals surface area contributed by atoms with Crippen LogP contribution < -0.4 is 0 Å². The summed E-state index contributed by atoms with van der Waals surface area (Å²) in [6.45, 7) is 0.284. The minimum atomic E-state index is -0.455. The third-order valence-corrected chi connectivity index (χ3v) is 5.31. The molecule has 118 valence electrons. The van der Waals surface area contributed by atoms with Gasteiger partial charge in [-0.1, -0.05) is 24.3 Å². The number of nitrogens with zero attached hydrogens (tertiary/aromatic N) is 1. The molecule has 0 N–H and O–H groups in total. The van der Waals surface area contributed by atoms with E-state index in [1.54, 1.807) is 29.4 Å². The number of rotatable bonds is 5. The lowest BCUT2D eigenvalue weighted by atomic mass is 10.2. The topological polar surface area (TPSA) is 46.6 Å². The van der Waals surface area contributed by atoms with Gasteiger partial charge in [-0.25, -0.2) is 4.79 Å². The maximum Gasteiger partial charge on any atom is 0.348 e. The molecular weight excluding hydrogens is 330 g/mol. The SMILES string of the molecule is CN(Cc1cccs1)C(=O)COC(=O)c1cc2ccccc2s1. The number of fused-ring (bicyclic) bond motifs is 1. The molecule has 2 heterocycles. The first-order chi connectivity index (χ1) is 11.1. The Kier molecular flexibility index (Phi) is 4.73. The summed E-state index contributed by atoms with van der Waals surface area (Å²) in [4.78, 5) is 27.3. The number of amides is 1. The number of esters is 1. The fourth-order valence-electron chi connectivity index (χ4n) is 2.12. The Balaban J connectivity index is 1.56. The van der Waals surface area contributed by atoms with E-state index in [2.05, 4.69) is 0 Å². The molecule has 23 heavy (non-hydrogen) atoms. The van der Waals surface area contributed by atoms with Gasteiger partial charge in [-0.15, -0.1) is 22.7 Å². The van der Waals surface area contributed by atoms with Crippen molar-refractivity contribution in [3.05, 3.63) is 57.6 Å². The van der Waals surface area contributed by atoms with Gasteiger partial charge < -0.3 is 9.64 Å². The van der Waals surface area contributed by atoms with Crippen LogP contribution in [0.5, 0.6) is 0 Å². The van der Waals surface area contributed by atoms with Gasteiger partial charge >= 0.3 is 5.97 Å². The molecule has 0 aliphatic heterocycles. The Morgan fingerprint density at radius 1 is 1.17 bits per heavy atom. The number of likely N-dealkylation sites (N-methyl/N-ethyl adjacent to an activating group) is 1. The molecule has 0 saturated heterocycles. The Bertz CT molecular complexity index is 790. The largest absolute Gasteiger partial charge is 0.451 e. The van der Waals surface area contributed by atoms with E-state index in [9.17, 15) is 9.59 Å². The Morgan fingerprint density at radius 3 is 2.74 bits per heavy atom. The number of hydrogen-bond donors (Lipinski definition) is 0. The number of hydrogen-bond acceptors (Lipinski definition) is 5. The molecule has 1 aromatic carbocycles. The van der Waals surface area contributed by atoms with Crippen molar-refractivity contribution in [3.63, 3.8) is 0 Å². The number of ether oxygens (including phenoxy) is 1. The van der Waals surface area contributed by atoms with Gasteiger partial charge in [-0.05, 0) is 29.0 Å². The summed E-state index contributed by atoms with van der Waals surface area (Å²) in [5, 5.41) is 2.97. The summed E-state index contributed by atoms with van der Waals surface area (Å²) in [6.07, 6.45) is 0. The van der Waals surface area contributed by atoms with Crippen molar-refractivity contribution in [2.24, 2.45) is 0 Å². The fraction of sp³-hybridized carbons (Fsp3) is 0.176. The predicted octanol–water partition coefficient (Wildman–Crippen LogP) is 3.78. The molecule has 2 aromatic heterocycles. The zero-order valence-electron chi connectivity index (χ0n) is 12.5. The first-order valence-corrected chi connectivity index (χ1v) is 8.75. The second-order valence-corrected chi connectivity index (χ2v) is 7.17. The molecule has 6 heteroatoms. The summed E-state index contributed by atoms with van der Waals surface area (Å²) in [6, 6.07) is 13.5. The van der Waals surface area contributed by atoms with Crippen molar-refractivity contribution in [3.8, 4) is 0 Å². The predicted molar refractivity (Wildman–Crippen MR) is 92.9 cm³/mol. The third-order valence-electron chi connectivity index (χ3n) is 3.35. The van der Waals surface area contributed by atoms with Crippen LogP contribution >= 0.6 is 22.7 Å². The minimum Gasteiger partial charge on any atom is -0.451 e. The molecule has 0 spiro atoms. The first-order valence-electron chi connectivity index (χ1n) is 7.05. The van der Waals surface area contributed by atoms with E-state index in [0.29, 0.717) is 11.4 Å². The van der Waals surface area contributed by atoms with Crippen LogP contribution in [0.25, 0.3) is 10.1 Å². The molecule has 0 radical (unpaired) electrons. The van der Waals surface area contributed by atoms with Crippen LogP contribution in [0.4, 0.5) is 0 Å². The maximum absolute atomic E-state index is 12.1. The number of thiophene rings is 2. The van der Waals surface area contributed by atoms with Crippen LogP contribution in [0.1, 0.15) is 14.5 Å². The highest BCUT2D eigenvalue weighted by atomic mass is 32.1. The lowest BCUT2D eigenvalue weighted by Gasteiger charge is -2.15. The van der Waals surface area contributed by atoms with Crippen LogP contribution in [-0.2, 0) is 16.1 Å². The zero-order valence-corrected chi connectivity index (χ0v) is 14.2. The second-order valence-electron chi connectivity index (χ2n) is 5.05. The maximum atomic E-state index is 12.1. The van der Waals surface area contributed by atoms with Crippen molar-refractivity contribution < 1.29 is 14.3 Å². The van der Waals surface area contributed by atoms with Crippen LogP contribution in [0.3, 0.4) is 0 Å². The summed E-state index contributed by atoms with van der Waals surface area (Å²) >= 11 is 2.96. The summed E-state index contributed by atoms with van der Waals surface area (Å²) in [5.41, 5.74) is 0. The summed E-state index contributed by atoms with van der Waals surface area (Å²) in [7, 11) is 1.70. The standard InChI is InChI=1S/C17H15NO3S2/c1-18(10-13-6-4-8-22-13)16(19)11-21-17(20)15-9-12-5-2-3-7-14(12)23-15/h2-9H,10-11H2,1H3. The molecule has 0 unspecified atom stereocenters. The molecule has 0 aliphatic rings. The van der Waals surface area contributed by atoms with Gasteiger partial charge in [0.05, 0.1) is 6.54 Å². The Morgan fingerprint density at radius 2 is 2.00 bits per heavy atom. The average Bonchev–Trinajstić information content (AvgIpc) is 3.20. The molecule has 1 amide bonds. The monoisotopic (exact) mass is 345 g/mol. The van der Waals surface area contributed by atoms with Gasteiger partial charge in [0.1, 0.15) is 4.88 Å². The normalized spacial score (nSPS) is 10.7. The van der Waals surface area contributed by atoms with Crippen molar-refractivity contribution in [1.29, 1.82) is 0 Å². The molecule has 3 aromatic rings. The van der Waals surface area contributed by atoms with E-state index in [1.807, 2.05) is 41.8 Å². The smallest absolute Gasteiger partial charge is 0.348 e. The van der Waals surface area contributed by atoms with Gasteiger partial charge in [0.15, 0.2) is 6.61 Å². The molecule has 0 bridgehead atoms. The number of benzene rings is 1. The van der Waals surface area contributed by atoms with Crippen molar-refractivity contribution >= 4 is 44.6 Å². The van der Waals surface area contributed by atoms with E-state index in [0.717, 1.165) is 15.0 Å². The highest BCUT2D eigenvalue weighted by Gasteiger charge is 2.16. The third kappa shape index (κ3) is 3.78. The van der Waals surface area contributed by atoms with Gasteiger partial charge in [-0.3, -0.25) is 4.79 Å². The quantitative estimate of drug-likeness (QED) is 0.661. The van der Waals surface area contributed by atoms with E-state index in [-0.39, 0.29) is 12.5 Å². The van der Waals surface area contributed by atoms with Crippen molar-refractivity contribution in [1.82, 2.24) is 4.90 Å². The van der Waals surface area contributed by atoms with E-state index in [1.165, 1.54) is 11.3 Å². The molecule has 0 saturated carbocycles. The van der Waals surface area contributed by atoms with Gasteiger partial charge in [0.25, 0.3) is 5.91 Å². The van der Waals surface area contributed by atoms with Crippen molar-refractivity contribution in [2.75, 3.05) is 13.7 Å². The van der Waals surface area contributed by atoms with E-state index >= 15 is 0 Å². The van der Waals surface area contributed by atoms with Crippen LogP contribution in [-0.4, -0.2) is 30.4 Å². The van der Waals surface area contributed by atoms with Crippen LogP contribution in [0.15, 0.2) is 47.8 Å².